The van der Waals surface area contributed by atoms with E-state index in [2.05, 4.69) is 22.1 Å². The van der Waals surface area contributed by atoms with Crippen molar-refractivity contribution in [1.29, 1.82) is 0 Å². The Labute approximate surface area is 125 Å². The monoisotopic (exact) mass is 284 g/mol. The lowest BCUT2D eigenvalue weighted by atomic mass is 9.69. The van der Waals surface area contributed by atoms with Gasteiger partial charge in [0, 0.05) is 5.92 Å². The van der Waals surface area contributed by atoms with Gasteiger partial charge < -0.3 is 0 Å². The number of hydrogen-bond donors (Lipinski definition) is 0. The molecule has 0 spiro atoms. The maximum atomic E-state index is 11.0. The Morgan fingerprint density at radius 1 is 1.05 bits per heavy atom. The van der Waals surface area contributed by atoms with Crippen molar-refractivity contribution in [3.05, 3.63) is 35.9 Å². The Balaban J connectivity index is 2.35. The third kappa shape index (κ3) is 3.75. The molecule has 21 heavy (non-hydrogen) atoms. The molecule has 0 heterocycles. The smallest absolute Gasteiger partial charge is 0.211 e. The van der Waals surface area contributed by atoms with E-state index in [1.165, 1.54) is 6.42 Å². The van der Waals surface area contributed by atoms with Gasteiger partial charge in [-0.25, -0.2) is 14.6 Å². The van der Waals surface area contributed by atoms with Crippen molar-refractivity contribution < 1.29 is 9.59 Å². The van der Waals surface area contributed by atoms with Crippen molar-refractivity contribution in [2.45, 2.75) is 50.0 Å². The fraction of sp³-hybridized carbons (Fsp3) is 0.529. The quantitative estimate of drug-likeness (QED) is 0.592. The van der Waals surface area contributed by atoms with Gasteiger partial charge in [0.05, 0.1) is 12.1 Å². The topological polar surface area (TPSA) is 58.9 Å². The van der Waals surface area contributed by atoms with Crippen LogP contribution in [0.3, 0.4) is 0 Å². The van der Waals surface area contributed by atoms with Crippen molar-refractivity contribution in [1.82, 2.24) is 0 Å². The second-order valence-electron chi connectivity index (χ2n) is 5.59. The number of carbonyl (C=O) groups excluding carboxylic acids is 2. The molecule has 1 aliphatic rings. The van der Waals surface area contributed by atoms with Gasteiger partial charge >= 0.3 is 0 Å². The third-order valence-electron chi connectivity index (χ3n) is 4.43. The fourth-order valence-electron chi connectivity index (χ4n) is 3.46. The van der Waals surface area contributed by atoms with Crippen molar-refractivity contribution in [2.24, 2.45) is 9.98 Å². The van der Waals surface area contributed by atoms with E-state index < -0.39 is 0 Å². The normalized spacial score (nSPS) is 18.1. The predicted molar refractivity (Wildman–Crippen MR) is 80.7 cm³/mol. The lowest BCUT2D eigenvalue weighted by Crippen LogP contribution is -2.37. The van der Waals surface area contributed by atoms with Crippen LogP contribution in [-0.2, 0) is 9.59 Å². The van der Waals surface area contributed by atoms with Crippen molar-refractivity contribution >= 4 is 12.2 Å². The van der Waals surface area contributed by atoms with Crippen LogP contribution >= 0.6 is 0 Å². The number of aliphatic imine (C=N–C) groups is 2. The molecule has 110 valence electrons. The molecule has 1 fully saturated rings. The van der Waals surface area contributed by atoms with Crippen LogP contribution < -0.4 is 0 Å². The Morgan fingerprint density at radius 2 is 1.76 bits per heavy atom. The Kier molecular flexibility index (Phi) is 5.62. The summed E-state index contributed by atoms with van der Waals surface area (Å²) in [5, 5.41) is 0. The van der Waals surface area contributed by atoms with Crippen LogP contribution in [0.5, 0.6) is 0 Å². The number of benzene rings is 1. The van der Waals surface area contributed by atoms with Crippen LogP contribution in [-0.4, -0.2) is 24.2 Å². The summed E-state index contributed by atoms with van der Waals surface area (Å²) in [6.45, 7) is 0.416. The first-order valence-corrected chi connectivity index (χ1v) is 7.50. The molecule has 1 aromatic rings. The highest BCUT2D eigenvalue weighted by Gasteiger charge is 2.40. The lowest BCUT2D eigenvalue weighted by molar-refractivity contribution is 0.241. The van der Waals surface area contributed by atoms with E-state index in [9.17, 15) is 9.59 Å². The molecule has 0 bridgehead atoms. The molecule has 0 radical (unpaired) electrons. The summed E-state index contributed by atoms with van der Waals surface area (Å²) >= 11 is 0. The molecule has 4 heteroatoms. The molecule has 0 aliphatic heterocycles. The highest BCUT2D eigenvalue weighted by atomic mass is 16.1. The number of hydrogen-bond acceptors (Lipinski definition) is 4. The van der Waals surface area contributed by atoms with E-state index in [4.69, 9.17) is 0 Å². The summed E-state index contributed by atoms with van der Waals surface area (Å²) in [4.78, 5) is 29.2. The van der Waals surface area contributed by atoms with E-state index in [0.29, 0.717) is 13.0 Å². The summed E-state index contributed by atoms with van der Waals surface area (Å²) in [5.41, 5.74) is 0.763. The second kappa shape index (κ2) is 7.68. The molecule has 1 unspecified atom stereocenters. The Bertz CT molecular complexity index is 537. The number of isocyanates is 2. The minimum atomic E-state index is -0.389. The standard InChI is InChI=1S/C17H20N2O2/c20-13-18-12-9-16(15-7-3-1-4-8-15)17(19-14-21)10-5-2-6-11-17/h1,3-4,7-8,16H,2,5-6,9-12H2. The van der Waals surface area contributed by atoms with Crippen LogP contribution in [0, 0.1) is 0 Å². The molecule has 4 nitrogen and oxygen atoms in total. The molecular formula is C17H20N2O2. The van der Waals surface area contributed by atoms with E-state index in [1.807, 2.05) is 18.2 Å². The van der Waals surface area contributed by atoms with Gasteiger partial charge in [-0.05, 0) is 24.8 Å². The van der Waals surface area contributed by atoms with Crippen LogP contribution in [0.25, 0.3) is 0 Å². The zero-order chi connectivity index (χ0) is 15.0. The first kappa shape index (κ1) is 15.4. The van der Waals surface area contributed by atoms with E-state index >= 15 is 0 Å². The maximum Gasteiger partial charge on any atom is 0.235 e. The summed E-state index contributed by atoms with van der Waals surface area (Å²) in [6, 6.07) is 10.1. The van der Waals surface area contributed by atoms with Gasteiger partial charge in [0.15, 0.2) is 0 Å². The molecule has 1 aromatic carbocycles. The summed E-state index contributed by atoms with van der Waals surface area (Å²) < 4.78 is 0. The van der Waals surface area contributed by atoms with Gasteiger partial charge in [-0.1, -0.05) is 49.6 Å². The first-order chi connectivity index (χ1) is 10.3. The molecule has 0 aromatic heterocycles. The van der Waals surface area contributed by atoms with Crippen molar-refractivity contribution in [3.63, 3.8) is 0 Å². The summed E-state index contributed by atoms with van der Waals surface area (Å²) in [5.74, 6) is 0.0950. The van der Waals surface area contributed by atoms with Gasteiger partial charge in [-0.15, -0.1) is 0 Å². The van der Waals surface area contributed by atoms with Gasteiger partial charge in [-0.3, -0.25) is 0 Å². The molecule has 1 aliphatic carbocycles. The average Bonchev–Trinajstić information content (AvgIpc) is 2.53. The number of rotatable bonds is 6. The zero-order valence-corrected chi connectivity index (χ0v) is 12.1. The minimum absolute atomic E-state index is 0.0950. The van der Waals surface area contributed by atoms with Crippen molar-refractivity contribution in [3.8, 4) is 0 Å². The van der Waals surface area contributed by atoms with E-state index in [-0.39, 0.29) is 11.5 Å². The van der Waals surface area contributed by atoms with E-state index in [0.717, 1.165) is 31.2 Å². The minimum Gasteiger partial charge on any atom is -0.211 e. The molecule has 0 saturated heterocycles. The van der Waals surface area contributed by atoms with Crippen LogP contribution in [0.15, 0.2) is 40.3 Å². The molecular weight excluding hydrogens is 264 g/mol. The van der Waals surface area contributed by atoms with E-state index in [1.54, 1.807) is 12.2 Å². The molecule has 1 saturated carbocycles. The van der Waals surface area contributed by atoms with Gasteiger partial charge in [0.25, 0.3) is 0 Å². The molecule has 0 N–H and O–H groups in total. The Morgan fingerprint density at radius 3 is 2.38 bits per heavy atom. The highest BCUT2D eigenvalue weighted by molar-refractivity contribution is 5.37. The highest BCUT2D eigenvalue weighted by Crippen LogP contribution is 2.44. The zero-order valence-electron chi connectivity index (χ0n) is 12.1. The van der Waals surface area contributed by atoms with Crippen LogP contribution in [0.2, 0.25) is 0 Å². The Hall–Kier alpha value is -2.02. The second-order valence-corrected chi connectivity index (χ2v) is 5.59. The summed E-state index contributed by atoms with van der Waals surface area (Å²) in [7, 11) is 0. The first-order valence-electron chi connectivity index (χ1n) is 7.50. The third-order valence-corrected chi connectivity index (χ3v) is 4.43. The SMILES string of the molecule is O=C=NCCC(c1ccccc1)C1(N=C=O)CCCCC1. The average molecular weight is 284 g/mol. The van der Waals surface area contributed by atoms with Crippen molar-refractivity contribution in [2.75, 3.05) is 6.54 Å². The van der Waals surface area contributed by atoms with Gasteiger partial charge in [-0.2, -0.15) is 4.99 Å². The molecule has 2 rings (SSSR count). The van der Waals surface area contributed by atoms with Gasteiger partial charge in [0.1, 0.15) is 0 Å². The van der Waals surface area contributed by atoms with Gasteiger partial charge in [0.2, 0.25) is 12.2 Å². The maximum absolute atomic E-state index is 11.0. The number of nitrogens with zero attached hydrogens (tertiary/aromatic N) is 2. The van der Waals surface area contributed by atoms with Crippen LogP contribution in [0.4, 0.5) is 0 Å². The van der Waals surface area contributed by atoms with Crippen LogP contribution in [0.1, 0.15) is 50.0 Å². The molecule has 1 atom stereocenters. The predicted octanol–water partition coefficient (Wildman–Crippen LogP) is 3.53. The lowest BCUT2D eigenvalue weighted by Gasteiger charge is -2.39. The fourth-order valence-corrected chi connectivity index (χ4v) is 3.46. The largest absolute Gasteiger partial charge is 0.235 e. The molecule has 0 amide bonds. The summed E-state index contributed by atoms with van der Waals surface area (Å²) in [6.07, 6.45) is 9.20.